The second kappa shape index (κ2) is 29.6. The fourth-order valence-electron chi connectivity index (χ4n) is 0.680. The third kappa shape index (κ3) is 24.1. The zero-order valence-corrected chi connectivity index (χ0v) is 15.4. The second-order valence-electron chi connectivity index (χ2n) is 2.01. The summed E-state index contributed by atoms with van der Waals surface area (Å²) in [6.07, 6.45) is 20.0. The van der Waals surface area contributed by atoms with E-state index in [1.165, 1.54) is 0 Å². The molecule has 0 radical (unpaired) electrons. The molecule has 0 nitrogen and oxygen atoms in total. The molecule has 0 amide bonds. The van der Waals surface area contributed by atoms with E-state index < -0.39 is 0 Å². The van der Waals surface area contributed by atoms with E-state index in [2.05, 4.69) is 24.3 Å². The van der Waals surface area contributed by atoms with E-state index in [-0.39, 0.29) is 39.7 Å². The maximum atomic E-state index is 2.99. The van der Waals surface area contributed by atoms with Gasteiger partial charge in [-0.15, -0.1) is 37.7 Å². The first-order valence-electron chi connectivity index (χ1n) is 3.79. The standard InChI is InChI=1S/2C5H5.2CH3.2ClH.H2Si.Zr/c2*1-2-4-5-3-1;;;;;;/h2*1-3H,4H2;2*1H3;2*1H;1H2;/q4*-1;;;;. The summed E-state index contributed by atoms with van der Waals surface area (Å²) >= 11 is 1.58. The summed E-state index contributed by atoms with van der Waals surface area (Å²) in [5, 5.41) is 0. The molecule has 0 fully saturated rings. The molecular weight excluding hydrogens is 334 g/mol. The summed E-state index contributed by atoms with van der Waals surface area (Å²) in [4.78, 5) is 0. The van der Waals surface area contributed by atoms with Crippen molar-refractivity contribution in [1.29, 1.82) is 0 Å². The van der Waals surface area contributed by atoms with Crippen LogP contribution in [0.2, 0.25) is 0 Å². The van der Waals surface area contributed by atoms with Gasteiger partial charge in [-0.05, 0) is 0 Å². The van der Waals surface area contributed by atoms with Crippen LogP contribution in [0.15, 0.2) is 36.5 Å². The Kier molecular flexibility index (Phi) is 55.6. The minimum absolute atomic E-state index is 0. The van der Waals surface area contributed by atoms with Gasteiger partial charge in [0.2, 0.25) is 0 Å². The molecule has 0 N–H and O–H groups in total. The Morgan fingerprint density at radius 1 is 0.812 bits per heavy atom. The van der Waals surface area contributed by atoms with Crippen molar-refractivity contribution >= 4 is 31.7 Å². The molecule has 2 aliphatic carbocycles. The molecule has 0 unspecified atom stereocenters. The predicted molar refractivity (Wildman–Crippen MR) is 79.0 cm³/mol. The molecule has 16 heavy (non-hydrogen) atoms. The van der Waals surface area contributed by atoms with Crippen LogP contribution >= 0.6 is 24.8 Å². The van der Waals surface area contributed by atoms with Crippen molar-refractivity contribution in [3.8, 4) is 0 Å². The third-order valence-corrected chi connectivity index (χ3v) is 1.17. The zero-order valence-electron chi connectivity index (χ0n) is 9.90. The molecule has 2 aliphatic rings. The molecule has 0 atom stereocenters. The van der Waals surface area contributed by atoms with Gasteiger partial charge in [-0.25, -0.2) is 24.3 Å². The van der Waals surface area contributed by atoms with Gasteiger partial charge in [0.25, 0.3) is 0 Å². The zero-order chi connectivity index (χ0) is 9.07. The summed E-state index contributed by atoms with van der Waals surface area (Å²) in [5.74, 6) is 0. The second-order valence-corrected chi connectivity index (χ2v) is 2.01. The number of allylic oxidation sites excluding steroid dienone is 8. The SMILES string of the molecule is Cl.Cl.[C-]1=CC=CC1.[C-]1=CC=CC1.[CH3-].[CH3-].[SiH2]=[Zr]. The van der Waals surface area contributed by atoms with Crippen LogP contribution in [0.1, 0.15) is 12.8 Å². The average molecular weight is 355 g/mol. The summed E-state index contributed by atoms with van der Waals surface area (Å²) in [7, 11) is 0. The van der Waals surface area contributed by atoms with Crippen LogP contribution in [0.5, 0.6) is 0 Å². The molecule has 0 saturated carbocycles. The van der Waals surface area contributed by atoms with E-state index in [0.717, 1.165) is 12.8 Å². The summed E-state index contributed by atoms with van der Waals surface area (Å²) in [5.41, 5.74) is 0. The van der Waals surface area contributed by atoms with Gasteiger partial charge in [-0.1, -0.05) is 0 Å². The number of hydrogen-bond donors (Lipinski definition) is 0. The van der Waals surface area contributed by atoms with E-state index >= 15 is 0 Å². The van der Waals surface area contributed by atoms with E-state index in [1.807, 2.05) is 31.2 Å². The van der Waals surface area contributed by atoms with Gasteiger partial charge in [0.1, 0.15) is 0 Å². The predicted octanol–water partition coefficient (Wildman–Crippen LogP) is 3.44. The first kappa shape index (κ1) is 30.0. The van der Waals surface area contributed by atoms with Gasteiger partial charge in [-0.3, -0.25) is 12.2 Å². The molecule has 0 aliphatic heterocycles. The topological polar surface area (TPSA) is 0 Å². The van der Waals surface area contributed by atoms with E-state index in [0.29, 0.717) is 0 Å². The van der Waals surface area contributed by atoms with Crippen LogP contribution in [0.3, 0.4) is 0 Å². The van der Waals surface area contributed by atoms with Gasteiger partial charge in [0.15, 0.2) is 0 Å². The Labute approximate surface area is 130 Å². The van der Waals surface area contributed by atoms with Crippen LogP contribution in [-0.2, 0) is 23.3 Å². The fourth-order valence-corrected chi connectivity index (χ4v) is 0.680. The van der Waals surface area contributed by atoms with Gasteiger partial charge in [0.05, 0.1) is 0 Å². The molecule has 0 aromatic rings. The fraction of sp³-hybridized carbons (Fsp3) is 0.167. The van der Waals surface area contributed by atoms with Crippen LogP contribution in [0.25, 0.3) is 0 Å². The van der Waals surface area contributed by atoms with Crippen molar-refractivity contribution in [2.45, 2.75) is 12.8 Å². The van der Waals surface area contributed by atoms with Gasteiger partial charge >= 0.3 is 30.2 Å². The summed E-state index contributed by atoms with van der Waals surface area (Å²) in [6.45, 7) is 1.95. The van der Waals surface area contributed by atoms with Gasteiger partial charge in [-0.2, -0.15) is 12.2 Å². The van der Waals surface area contributed by atoms with Crippen molar-refractivity contribution in [1.82, 2.24) is 0 Å². The van der Waals surface area contributed by atoms with Crippen molar-refractivity contribution in [3.63, 3.8) is 0 Å². The minimum atomic E-state index is 0. The monoisotopic (exact) mass is 352 g/mol. The molecule has 0 spiro atoms. The number of hydrogen-bond acceptors (Lipinski definition) is 0. The Morgan fingerprint density at radius 3 is 1.19 bits per heavy atom. The third-order valence-electron chi connectivity index (χ3n) is 1.17. The molecular formula is C12H20Cl2SiZr-4. The van der Waals surface area contributed by atoms with Gasteiger partial charge < -0.3 is 14.9 Å². The summed E-state index contributed by atoms with van der Waals surface area (Å²) in [6, 6.07) is 0. The Bertz CT molecular complexity index is 169. The quantitative estimate of drug-likeness (QED) is 0.462. The maximum absolute atomic E-state index is 2.99. The van der Waals surface area contributed by atoms with Crippen molar-refractivity contribution < 1.29 is 23.3 Å². The van der Waals surface area contributed by atoms with Crippen molar-refractivity contribution in [2.24, 2.45) is 0 Å². The number of halogens is 2. The molecule has 2 rings (SSSR count). The molecule has 0 aromatic carbocycles. The van der Waals surface area contributed by atoms with Crippen LogP contribution in [-0.4, -0.2) is 6.88 Å². The molecule has 0 saturated heterocycles. The van der Waals surface area contributed by atoms with Crippen LogP contribution in [0, 0.1) is 27.0 Å². The Hall–Kier alpha value is 0.640. The molecule has 0 heterocycles. The molecule has 94 valence electrons. The molecule has 4 heteroatoms. The van der Waals surface area contributed by atoms with Crippen LogP contribution in [0.4, 0.5) is 0 Å². The van der Waals surface area contributed by atoms with Crippen molar-refractivity contribution in [3.05, 3.63) is 63.5 Å². The van der Waals surface area contributed by atoms with Crippen LogP contribution < -0.4 is 0 Å². The first-order valence-corrected chi connectivity index (χ1v) is 9.71. The first-order chi connectivity index (χ1) is 6.00. The molecule has 0 aromatic heterocycles. The van der Waals surface area contributed by atoms with Crippen molar-refractivity contribution in [2.75, 3.05) is 0 Å². The van der Waals surface area contributed by atoms with E-state index in [4.69, 9.17) is 0 Å². The number of rotatable bonds is 0. The summed E-state index contributed by atoms with van der Waals surface area (Å²) < 4.78 is 0. The Balaban J connectivity index is -0.0000000360. The average Bonchev–Trinajstić information content (AvgIpc) is 2.87. The van der Waals surface area contributed by atoms with Gasteiger partial charge in [0, 0.05) is 0 Å². The van der Waals surface area contributed by atoms with E-state index in [1.54, 1.807) is 23.3 Å². The molecule has 0 bridgehead atoms. The normalized spacial score (nSPS) is 11.2. The Morgan fingerprint density at radius 2 is 1.12 bits per heavy atom. The van der Waals surface area contributed by atoms with E-state index in [9.17, 15) is 0 Å².